The van der Waals surface area contributed by atoms with Crippen molar-refractivity contribution in [2.24, 2.45) is 5.92 Å². The molecule has 0 atom stereocenters. The van der Waals surface area contributed by atoms with Crippen LogP contribution in [-0.4, -0.2) is 41.8 Å². The van der Waals surface area contributed by atoms with Crippen LogP contribution in [0.1, 0.15) is 70.3 Å². The molecule has 2 heterocycles. The van der Waals surface area contributed by atoms with E-state index in [2.05, 4.69) is 53.1 Å². The van der Waals surface area contributed by atoms with Crippen molar-refractivity contribution in [1.29, 1.82) is 0 Å². The highest BCUT2D eigenvalue weighted by Crippen LogP contribution is 2.26. The second-order valence-electron chi connectivity index (χ2n) is 11.5. The first-order valence-corrected chi connectivity index (χ1v) is 14.5. The summed E-state index contributed by atoms with van der Waals surface area (Å²) in [4.78, 5) is 17.8. The highest BCUT2D eigenvalue weighted by atomic mass is 19.1. The number of hydrogen-bond donors (Lipinski definition) is 0. The van der Waals surface area contributed by atoms with Crippen LogP contribution in [0.3, 0.4) is 0 Å². The molecule has 1 saturated heterocycles. The Balaban J connectivity index is 1.06. The normalized spacial score (nSPS) is 17.1. The summed E-state index contributed by atoms with van der Waals surface area (Å²) in [6, 6.07) is 18.6. The number of carbonyl (C=O) groups excluding carboxylic acids is 1. The second-order valence-corrected chi connectivity index (χ2v) is 11.5. The fourth-order valence-corrected chi connectivity index (χ4v) is 6.15. The Morgan fingerprint density at radius 2 is 1.54 bits per heavy atom. The minimum absolute atomic E-state index is 0.240. The Bertz CT molecular complexity index is 1280. The minimum atomic E-state index is -0.545. The van der Waals surface area contributed by atoms with E-state index in [-0.39, 0.29) is 5.78 Å². The Morgan fingerprint density at radius 1 is 0.821 bits per heavy atom. The topological polar surface area (TPSA) is 23.6 Å². The van der Waals surface area contributed by atoms with E-state index in [9.17, 15) is 13.6 Å². The molecule has 206 valence electrons. The summed E-state index contributed by atoms with van der Waals surface area (Å²) in [6.45, 7) is 7.60. The molecule has 0 radical (unpaired) electrons. The van der Waals surface area contributed by atoms with Gasteiger partial charge in [0.05, 0.1) is 0 Å². The zero-order valence-electron chi connectivity index (χ0n) is 23.1. The smallest absolute Gasteiger partial charge is 0.162 e. The van der Waals surface area contributed by atoms with Gasteiger partial charge >= 0.3 is 0 Å². The molecular weight excluding hydrogens is 490 g/mol. The first-order valence-electron chi connectivity index (χ1n) is 14.5. The summed E-state index contributed by atoms with van der Waals surface area (Å²) in [5.41, 5.74) is 6.63. The SMILES string of the molecule is Cc1ccccc1CN1CCC(CCCC(=O)c2ccc3c(c2)CCN(Cc2ccc(F)cc2F)CC3)CC1. The molecule has 3 aromatic carbocycles. The molecule has 0 aromatic heterocycles. The van der Waals surface area contributed by atoms with Crippen LogP contribution in [0.15, 0.2) is 60.7 Å². The summed E-state index contributed by atoms with van der Waals surface area (Å²) >= 11 is 0. The Morgan fingerprint density at radius 3 is 2.31 bits per heavy atom. The standard InChI is InChI=1S/C34H40F2N2O/c1-25-5-2-3-7-30(25)23-37-17-13-26(14-18-37)6-4-8-34(39)29-10-9-27-15-19-38(20-16-28(27)21-29)24-31-11-12-32(35)22-33(31)36/h2-3,5,7,9-12,21-22,26H,4,6,8,13-20,23-24H2,1H3. The highest BCUT2D eigenvalue weighted by Gasteiger charge is 2.21. The third-order valence-corrected chi connectivity index (χ3v) is 8.71. The number of piperidine rings is 1. The first kappa shape index (κ1) is 27.7. The maximum absolute atomic E-state index is 14.1. The van der Waals surface area contributed by atoms with Gasteiger partial charge in [0.2, 0.25) is 0 Å². The maximum Gasteiger partial charge on any atom is 0.162 e. The van der Waals surface area contributed by atoms with Gasteiger partial charge in [-0.05, 0) is 98.8 Å². The Kier molecular flexibility index (Phi) is 9.21. The number of fused-ring (bicyclic) bond motifs is 1. The molecule has 0 N–H and O–H groups in total. The molecule has 5 rings (SSSR count). The first-order chi connectivity index (χ1) is 18.9. The van der Waals surface area contributed by atoms with Crippen molar-refractivity contribution in [3.05, 3.63) is 106 Å². The lowest BCUT2D eigenvalue weighted by Gasteiger charge is -2.32. The summed E-state index contributed by atoms with van der Waals surface area (Å²) in [6.07, 6.45) is 6.83. The number of aryl methyl sites for hydroxylation is 1. The van der Waals surface area contributed by atoms with Gasteiger partial charge in [-0.3, -0.25) is 14.6 Å². The minimum Gasteiger partial charge on any atom is -0.299 e. The van der Waals surface area contributed by atoms with Crippen LogP contribution < -0.4 is 0 Å². The summed E-state index contributed by atoms with van der Waals surface area (Å²) in [5, 5.41) is 0. The molecule has 3 nitrogen and oxygen atoms in total. The molecule has 0 unspecified atom stereocenters. The molecule has 39 heavy (non-hydrogen) atoms. The predicted molar refractivity (Wildman–Crippen MR) is 153 cm³/mol. The van der Waals surface area contributed by atoms with E-state index in [1.807, 2.05) is 6.07 Å². The van der Waals surface area contributed by atoms with E-state index in [4.69, 9.17) is 0 Å². The second kappa shape index (κ2) is 13.0. The number of rotatable bonds is 9. The Hall–Kier alpha value is -2.89. The number of likely N-dealkylation sites (tertiary alicyclic amines) is 1. The molecular formula is C34H40F2N2O. The number of ketones is 1. The van der Waals surface area contributed by atoms with Crippen molar-refractivity contribution in [3.63, 3.8) is 0 Å². The molecule has 0 saturated carbocycles. The molecule has 0 aliphatic carbocycles. The molecule has 3 aromatic rings. The van der Waals surface area contributed by atoms with E-state index in [1.165, 1.54) is 47.2 Å². The van der Waals surface area contributed by atoms with Gasteiger partial charge < -0.3 is 0 Å². The van der Waals surface area contributed by atoms with E-state index < -0.39 is 11.6 Å². The van der Waals surface area contributed by atoms with Gasteiger partial charge in [0.1, 0.15) is 11.6 Å². The van der Waals surface area contributed by atoms with Crippen molar-refractivity contribution >= 4 is 5.78 Å². The maximum atomic E-state index is 14.1. The lowest BCUT2D eigenvalue weighted by atomic mass is 9.90. The molecule has 0 amide bonds. The third-order valence-electron chi connectivity index (χ3n) is 8.71. The number of hydrogen-bond acceptors (Lipinski definition) is 3. The van der Waals surface area contributed by atoms with Crippen LogP contribution in [0, 0.1) is 24.5 Å². The van der Waals surface area contributed by atoms with Crippen LogP contribution in [0.4, 0.5) is 8.78 Å². The molecule has 2 aliphatic heterocycles. The number of Topliss-reactive ketones (excluding diaryl/α,β-unsaturated/α-hetero) is 1. The van der Waals surface area contributed by atoms with Gasteiger partial charge in [-0.2, -0.15) is 0 Å². The van der Waals surface area contributed by atoms with Gasteiger partial charge in [-0.1, -0.05) is 42.5 Å². The van der Waals surface area contributed by atoms with Crippen molar-refractivity contribution < 1.29 is 13.6 Å². The van der Waals surface area contributed by atoms with Gasteiger partial charge in [0.25, 0.3) is 0 Å². The largest absolute Gasteiger partial charge is 0.299 e. The number of carbonyl (C=O) groups is 1. The van der Waals surface area contributed by atoms with Gasteiger partial charge in [0, 0.05) is 49.8 Å². The van der Waals surface area contributed by atoms with Crippen LogP contribution in [0.25, 0.3) is 0 Å². The van der Waals surface area contributed by atoms with E-state index in [1.54, 1.807) is 0 Å². The summed E-state index contributed by atoms with van der Waals surface area (Å²) in [5.74, 6) is -0.0763. The number of nitrogens with zero attached hydrogens (tertiary/aromatic N) is 2. The summed E-state index contributed by atoms with van der Waals surface area (Å²) in [7, 11) is 0. The van der Waals surface area contributed by atoms with Gasteiger partial charge in [0.15, 0.2) is 5.78 Å². The van der Waals surface area contributed by atoms with Crippen LogP contribution in [0.5, 0.6) is 0 Å². The van der Waals surface area contributed by atoms with Crippen molar-refractivity contribution in [1.82, 2.24) is 9.80 Å². The predicted octanol–water partition coefficient (Wildman–Crippen LogP) is 7.14. The fourth-order valence-electron chi connectivity index (χ4n) is 6.15. The zero-order valence-corrected chi connectivity index (χ0v) is 23.1. The third kappa shape index (κ3) is 7.40. The Labute approximate surface area is 231 Å². The molecule has 0 spiro atoms. The van der Waals surface area contributed by atoms with E-state index in [0.29, 0.717) is 18.5 Å². The average Bonchev–Trinajstić information content (AvgIpc) is 3.14. The average molecular weight is 531 g/mol. The van der Waals surface area contributed by atoms with Crippen LogP contribution in [-0.2, 0) is 25.9 Å². The fraction of sp³-hybridized carbons (Fsp3) is 0.441. The zero-order chi connectivity index (χ0) is 27.2. The van der Waals surface area contributed by atoms with Crippen molar-refractivity contribution in [2.75, 3.05) is 26.2 Å². The van der Waals surface area contributed by atoms with Gasteiger partial charge in [-0.25, -0.2) is 8.78 Å². The van der Waals surface area contributed by atoms with E-state index in [0.717, 1.165) is 76.0 Å². The summed E-state index contributed by atoms with van der Waals surface area (Å²) < 4.78 is 27.4. The van der Waals surface area contributed by atoms with E-state index >= 15 is 0 Å². The lowest BCUT2D eigenvalue weighted by Crippen LogP contribution is -2.33. The molecule has 1 fully saturated rings. The van der Waals surface area contributed by atoms with Crippen molar-refractivity contribution in [2.45, 2.75) is 65.0 Å². The monoisotopic (exact) mass is 530 g/mol. The lowest BCUT2D eigenvalue weighted by molar-refractivity contribution is 0.0974. The van der Waals surface area contributed by atoms with Crippen molar-refractivity contribution in [3.8, 4) is 0 Å². The van der Waals surface area contributed by atoms with Gasteiger partial charge in [-0.15, -0.1) is 0 Å². The highest BCUT2D eigenvalue weighted by molar-refractivity contribution is 5.96. The number of halogens is 2. The van der Waals surface area contributed by atoms with Crippen LogP contribution in [0.2, 0.25) is 0 Å². The van der Waals surface area contributed by atoms with Crippen LogP contribution >= 0.6 is 0 Å². The molecule has 2 aliphatic rings. The molecule has 0 bridgehead atoms. The quantitative estimate of drug-likeness (QED) is 0.275. The molecule has 5 heteroatoms. The number of benzene rings is 3.